The topological polar surface area (TPSA) is 131 Å². The molecule has 1 fully saturated rings. The molecule has 4 aromatic rings. The number of aryl methyl sites for hydroxylation is 2. The van der Waals surface area contributed by atoms with Gasteiger partial charge in [-0.3, -0.25) is 4.90 Å². The highest BCUT2D eigenvalue weighted by Crippen LogP contribution is 2.35. The molecule has 4 N–H and O–H groups in total. The van der Waals surface area contributed by atoms with E-state index in [1.165, 1.54) is 0 Å². The van der Waals surface area contributed by atoms with Gasteiger partial charge in [-0.25, -0.2) is 14.8 Å². The second-order valence-corrected chi connectivity index (χ2v) is 12.8. The van der Waals surface area contributed by atoms with Crippen LogP contribution < -0.4 is 10.5 Å². The van der Waals surface area contributed by atoms with Crippen LogP contribution >= 0.6 is 0 Å². The zero-order valence-electron chi connectivity index (χ0n) is 27.4. The Morgan fingerprint density at radius 1 is 1.04 bits per heavy atom. The number of benzene rings is 2. The molecule has 2 aromatic carbocycles. The Morgan fingerprint density at radius 3 is 2.24 bits per heavy atom. The van der Waals surface area contributed by atoms with Crippen LogP contribution in [0.3, 0.4) is 0 Å². The molecular weight excluding hydrogens is 567 g/mol. The molecule has 5 rings (SSSR count). The van der Waals surface area contributed by atoms with Gasteiger partial charge in [-0.15, -0.1) is 0 Å². The van der Waals surface area contributed by atoms with E-state index < -0.39 is 5.60 Å². The number of nitrogens with two attached hydrogens (primary N) is 1. The van der Waals surface area contributed by atoms with Crippen molar-refractivity contribution in [3.05, 3.63) is 71.6 Å². The van der Waals surface area contributed by atoms with Crippen LogP contribution in [0.5, 0.6) is 11.5 Å². The largest absolute Gasteiger partial charge is 0.457 e. The van der Waals surface area contributed by atoms with Crippen LogP contribution in [0.25, 0.3) is 22.5 Å². The first-order valence-electron chi connectivity index (χ1n) is 15.8. The maximum absolute atomic E-state index is 12.8. The number of likely N-dealkylation sites (tertiary alicyclic amines) is 1. The Hall–Kier alpha value is -4.09. The number of nitrogens with one attached hydrogen (secondary N) is 2. The molecule has 45 heavy (non-hydrogen) atoms. The number of hydrogen-bond donors (Lipinski definition) is 3. The van der Waals surface area contributed by atoms with E-state index >= 15 is 0 Å². The van der Waals surface area contributed by atoms with Crippen molar-refractivity contribution in [2.24, 2.45) is 5.73 Å². The lowest BCUT2D eigenvalue weighted by Crippen LogP contribution is -2.36. The average molecular weight is 613 g/mol. The van der Waals surface area contributed by atoms with E-state index in [-0.39, 0.29) is 31.6 Å². The molecule has 0 spiro atoms. The van der Waals surface area contributed by atoms with Crippen molar-refractivity contribution in [2.75, 3.05) is 13.3 Å². The first kappa shape index (κ1) is 32.3. The Labute approximate surface area is 266 Å². The summed E-state index contributed by atoms with van der Waals surface area (Å²) in [4.78, 5) is 30.8. The van der Waals surface area contributed by atoms with Crippen LogP contribution in [-0.2, 0) is 9.39 Å². The summed E-state index contributed by atoms with van der Waals surface area (Å²) >= 11 is 0. The number of rotatable bonds is 10. The van der Waals surface area contributed by atoms with Gasteiger partial charge in [0.05, 0.1) is 36.6 Å². The Balaban J connectivity index is 1.27. The molecule has 1 amide bonds. The van der Waals surface area contributed by atoms with Crippen molar-refractivity contribution in [1.29, 1.82) is 0 Å². The quantitative estimate of drug-likeness (QED) is 0.125. The van der Waals surface area contributed by atoms with E-state index in [9.17, 15) is 4.79 Å². The van der Waals surface area contributed by atoms with Gasteiger partial charge >= 0.3 is 13.0 Å². The number of amides is 1. The third-order valence-electron chi connectivity index (χ3n) is 8.30. The van der Waals surface area contributed by atoms with Gasteiger partial charge < -0.3 is 29.8 Å². The number of carbonyl (C=O) groups is 1. The standard InChI is InChI=1S/C34H45BN6O4/c1-8-25(35(7)43-20-36)31-37-18-26(39-31)23-11-13-29(21(2)16-23)44-30-14-12-24(17-22(30)3)27-19-38-32(40-27)28-10-9-15-41(28)33(42)45-34(4,5)6/h11-14,16-19,25,28H,8-10,15,20,36H2,1-7H3,(H,37,39)(H,38,40)/t25-,28-/m0/s1. The summed E-state index contributed by atoms with van der Waals surface area (Å²) in [6.45, 7) is 14.7. The van der Waals surface area contributed by atoms with E-state index in [0.29, 0.717) is 6.54 Å². The molecule has 0 radical (unpaired) electrons. The summed E-state index contributed by atoms with van der Waals surface area (Å²) in [6, 6.07) is 12.1. The second kappa shape index (κ2) is 13.5. The first-order chi connectivity index (χ1) is 21.5. The van der Waals surface area contributed by atoms with Gasteiger partial charge in [-0.1, -0.05) is 20.2 Å². The molecule has 0 bridgehead atoms. The fourth-order valence-corrected chi connectivity index (χ4v) is 5.91. The molecule has 1 aliphatic heterocycles. The number of hydrogen-bond acceptors (Lipinski definition) is 7. The van der Waals surface area contributed by atoms with Crippen LogP contribution in [0.4, 0.5) is 4.79 Å². The lowest BCUT2D eigenvalue weighted by molar-refractivity contribution is 0.0218. The van der Waals surface area contributed by atoms with Crippen molar-refractivity contribution in [3.63, 3.8) is 0 Å². The maximum Gasteiger partial charge on any atom is 0.410 e. The third kappa shape index (κ3) is 7.42. The number of imidazole rings is 2. The average Bonchev–Trinajstić information content (AvgIpc) is 3.76. The molecule has 1 saturated heterocycles. The molecule has 10 nitrogen and oxygen atoms in total. The summed E-state index contributed by atoms with van der Waals surface area (Å²) in [7, 11) is 0. The fraction of sp³-hybridized carbons (Fsp3) is 0.441. The van der Waals surface area contributed by atoms with Crippen molar-refractivity contribution in [3.8, 4) is 34.0 Å². The molecule has 238 valence electrons. The zero-order chi connectivity index (χ0) is 32.3. The normalized spacial score (nSPS) is 15.7. The van der Waals surface area contributed by atoms with Gasteiger partial charge in [-0.05, 0) is 95.0 Å². The summed E-state index contributed by atoms with van der Waals surface area (Å²) < 4.78 is 17.6. The highest BCUT2D eigenvalue weighted by atomic mass is 16.6. The molecule has 2 aromatic heterocycles. The molecule has 11 heteroatoms. The SMILES string of the molecule is CC[C@H](B(C)OCN)c1ncc(-c2ccc(Oc3ccc(-c4cnc([C@@H]5CCCN5C(=O)OC(C)(C)C)[nH]4)cc3C)c(C)c2)[nH]1. The van der Waals surface area contributed by atoms with Crippen LogP contribution in [0.1, 0.15) is 81.6 Å². The number of aromatic amines is 2. The van der Waals surface area contributed by atoms with Gasteiger partial charge in [-0.2, -0.15) is 0 Å². The van der Waals surface area contributed by atoms with Crippen molar-refractivity contribution >= 4 is 13.0 Å². The van der Waals surface area contributed by atoms with Gasteiger partial charge in [0.25, 0.3) is 0 Å². The lowest BCUT2D eigenvalue weighted by atomic mass is 9.56. The van der Waals surface area contributed by atoms with Crippen LogP contribution in [-0.4, -0.2) is 56.7 Å². The van der Waals surface area contributed by atoms with E-state index in [4.69, 9.17) is 19.9 Å². The summed E-state index contributed by atoms with van der Waals surface area (Å²) in [6.07, 6.45) is 6.05. The molecule has 2 atom stereocenters. The zero-order valence-corrected chi connectivity index (χ0v) is 27.4. The number of aromatic nitrogens is 4. The molecule has 0 saturated carbocycles. The molecule has 0 unspecified atom stereocenters. The van der Waals surface area contributed by atoms with Crippen molar-refractivity contribution in [1.82, 2.24) is 24.8 Å². The molecule has 1 aliphatic rings. The van der Waals surface area contributed by atoms with E-state index in [1.54, 1.807) is 4.90 Å². The van der Waals surface area contributed by atoms with Gasteiger partial charge in [0.1, 0.15) is 28.7 Å². The minimum atomic E-state index is -0.540. The predicted molar refractivity (Wildman–Crippen MR) is 177 cm³/mol. The Kier molecular flexibility index (Phi) is 9.69. The minimum Gasteiger partial charge on any atom is -0.457 e. The summed E-state index contributed by atoms with van der Waals surface area (Å²) in [5.41, 5.74) is 10.9. The Morgan fingerprint density at radius 2 is 1.67 bits per heavy atom. The van der Waals surface area contributed by atoms with Crippen molar-refractivity contribution in [2.45, 2.75) is 85.1 Å². The first-order valence-corrected chi connectivity index (χ1v) is 15.8. The highest BCUT2D eigenvalue weighted by molar-refractivity contribution is 6.52. The second-order valence-electron chi connectivity index (χ2n) is 12.8. The fourth-order valence-electron chi connectivity index (χ4n) is 5.91. The molecule has 3 heterocycles. The molecule has 0 aliphatic carbocycles. The van der Waals surface area contributed by atoms with Crippen LogP contribution in [0, 0.1) is 13.8 Å². The van der Waals surface area contributed by atoms with Gasteiger partial charge in [0.15, 0.2) is 0 Å². The summed E-state index contributed by atoms with van der Waals surface area (Å²) in [5.74, 6) is 3.38. The van der Waals surface area contributed by atoms with Crippen LogP contribution in [0.2, 0.25) is 6.82 Å². The molecular formula is C34H45BN6O4. The van der Waals surface area contributed by atoms with Gasteiger partial charge in [0, 0.05) is 23.5 Å². The Bertz CT molecular complexity index is 1630. The number of ether oxygens (including phenoxy) is 2. The van der Waals surface area contributed by atoms with Crippen LogP contribution in [0.15, 0.2) is 48.8 Å². The number of H-pyrrole nitrogens is 2. The van der Waals surface area contributed by atoms with Gasteiger partial charge in [0.2, 0.25) is 0 Å². The monoisotopic (exact) mass is 612 g/mol. The smallest absolute Gasteiger partial charge is 0.410 e. The predicted octanol–water partition coefficient (Wildman–Crippen LogP) is 7.53. The highest BCUT2D eigenvalue weighted by Gasteiger charge is 2.35. The third-order valence-corrected chi connectivity index (χ3v) is 8.30. The number of nitrogens with zero attached hydrogens (tertiary/aromatic N) is 3. The summed E-state index contributed by atoms with van der Waals surface area (Å²) in [5, 5.41) is 0. The van der Waals surface area contributed by atoms with Crippen molar-refractivity contribution < 1.29 is 18.9 Å². The number of carbonyl (C=O) groups excluding carboxylic acids is 1. The lowest BCUT2D eigenvalue weighted by Gasteiger charge is -2.27. The minimum absolute atomic E-state index is 0.0247. The maximum atomic E-state index is 12.8. The van der Waals surface area contributed by atoms with E-state index in [2.05, 4.69) is 39.0 Å². The van der Waals surface area contributed by atoms with E-state index in [1.807, 2.05) is 78.1 Å². The van der Waals surface area contributed by atoms with E-state index in [0.717, 1.165) is 76.1 Å².